The van der Waals surface area contributed by atoms with Crippen LogP contribution in [0.3, 0.4) is 0 Å². The first-order valence-electron chi connectivity index (χ1n) is 8.32. The van der Waals surface area contributed by atoms with Crippen LogP contribution in [-0.2, 0) is 21.7 Å². The van der Waals surface area contributed by atoms with Crippen LogP contribution < -0.4 is 0 Å². The van der Waals surface area contributed by atoms with E-state index in [-0.39, 0.29) is 10.8 Å². The van der Waals surface area contributed by atoms with Gasteiger partial charge in [0.2, 0.25) is 0 Å². The molecule has 0 saturated carbocycles. The lowest BCUT2D eigenvalue weighted by molar-refractivity contribution is -0.0370. The van der Waals surface area contributed by atoms with Gasteiger partial charge < -0.3 is 0 Å². The zero-order valence-corrected chi connectivity index (χ0v) is 16.5. The highest BCUT2D eigenvalue weighted by atomic mass is 32.2. The van der Waals surface area contributed by atoms with Gasteiger partial charge in [0.15, 0.2) is 20.7 Å². The van der Waals surface area contributed by atoms with Crippen LogP contribution in [0.15, 0.2) is 58.3 Å². The Bertz CT molecular complexity index is 642. The molecule has 0 heterocycles. The van der Waals surface area contributed by atoms with Crippen molar-refractivity contribution in [2.24, 2.45) is 0 Å². The van der Waals surface area contributed by atoms with Gasteiger partial charge in [0.1, 0.15) is 0 Å². The summed E-state index contributed by atoms with van der Waals surface area (Å²) in [6, 6.07) is 13.7. The Hall–Kier alpha value is -1.42. The van der Waals surface area contributed by atoms with Crippen molar-refractivity contribution in [1.82, 2.24) is 0 Å². The van der Waals surface area contributed by atoms with Crippen molar-refractivity contribution in [3.63, 3.8) is 0 Å². The Labute approximate surface area is 151 Å². The topological polar surface area (TPSA) is 0 Å². The van der Waals surface area contributed by atoms with Gasteiger partial charge >= 0.3 is 5.51 Å². The normalized spacial score (nSPS) is 13.4. The lowest BCUT2D eigenvalue weighted by Crippen LogP contribution is -2.24. The predicted molar refractivity (Wildman–Crippen MR) is 100 cm³/mol. The molecule has 0 unspecified atom stereocenters. The molecule has 0 bridgehead atoms. The summed E-state index contributed by atoms with van der Waals surface area (Å²) >= 11 is 0. The maximum Gasteiger partial charge on any atom is 0.586 e. The summed E-state index contributed by atoms with van der Waals surface area (Å²) in [5.41, 5.74) is -2.39. The molecule has 0 nitrogen and oxygen atoms in total. The second kappa shape index (κ2) is 6.71. The van der Waals surface area contributed by atoms with E-state index < -0.39 is 16.4 Å². The van der Waals surface area contributed by atoms with E-state index in [0.717, 1.165) is 11.1 Å². The van der Waals surface area contributed by atoms with Crippen molar-refractivity contribution in [2.45, 2.75) is 67.7 Å². The van der Waals surface area contributed by atoms with Gasteiger partial charge in [0, 0.05) is 0 Å². The van der Waals surface area contributed by atoms with Crippen LogP contribution in [0.5, 0.6) is 0 Å². The smallest absolute Gasteiger partial charge is 0.122 e. The highest BCUT2D eigenvalue weighted by Crippen LogP contribution is 2.39. The third-order valence-electron chi connectivity index (χ3n) is 4.14. The molecule has 0 aliphatic carbocycles. The largest absolute Gasteiger partial charge is 0.586 e. The van der Waals surface area contributed by atoms with Gasteiger partial charge in [-0.15, -0.1) is 13.2 Å². The van der Waals surface area contributed by atoms with E-state index >= 15 is 0 Å². The van der Waals surface area contributed by atoms with E-state index in [4.69, 9.17) is 0 Å². The Balaban J connectivity index is 2.44. The Morgan fingerprint density at radius 3 is 1.04 bits per heavy atom. The molecule has 2 aromatic rings. The van der Waals surface area contributed by atoms with Crippen LogP contribution in [-0.4, -0.2) is 5.51 Å². The molecule has 0 aromatic heterocycles. The minimum absolute atomic E-state index is 0.0796. The predicted octanol–water partition coefficient (Wildman–Crippen LogP) is 6.84. The molecule has 0 aliphatic rings. The first-order valence-corrected chi connectivity index (χ1v) is 9.55. The quantitative estimate of drug-likeness (QED) is 0.510. The summed E-state index contributed by atoms with van der Waals surface area (Å²) in [6.45, 7) is 12.3. The number of hydrogen-bond donors (Lipinski definition) is 0. The summed E-state index contributed by atoms with van der Waals surface area (Å²) in [5, 5.41) is 0. The first kappa shape index (κ1) is 19.9. The molecule has 25 heavy (non-hydrogen) atoms. The van der Waals surface area contributed by atoms with Gasteiger partial charge in [-0.1, -0.05) is 65.8 Å². The van der Waals surface area contributed by atoms with Crippen molar-refractivity contribution in [3.05, 3.63) is 59.7 Å². The van der Waals surface area contributed by atoms with Crippen LogP contribution in [0.25, 0.3) is 0 Å². The zero-order chi connectivity index (χ0) is 19.0. The second-order valence-electron chi connectivity index (χ2n) is 8.30. The molecule has 0 aliphatic heterocycles. The Morgan fingerprint density at radius 1 is 0.560 bits per heavy atom. The molecular formula is C21H26F3S+. The maximum absolute atomic E-state index is 13.8. The van der Waals surface area contributed by atoms with Gasteiger partial charge in [0.25, 0.3) is 0 Å². The molecule has 0 saturated heterocycles. The molecule has 0 amide bonds. The van der Waals surface area contributed by atoms with Crippen molar-refractivity contribution in [2.75, 3.05) is 0 Å². The van der Waals surface area contributed by atoms with E-state index in [1.807, 2.05) is 24.3 Å². The third-order valence-corrected chi connectivity index (χ3v) is 6.09. The fourth-order valence-electron chi connectivity index (χ4n) is 2.59. The Kier molecular flexibility index (Phi) is 5.34. The molecule has 0 atom stereocenters. The number of benzene rings is 2. The van der Waals surface area contributed by atoms with E-state index in [1.54, 1.807) is 24.3 Å². The van der Waals surface area contributed by atoms with Gasteiger partial charge in [-0.2, -0.15) is 0 Å². The number of alkyl halides is 3. The van der Waals surface area contributed by atoms with Crippen LogP contribution in [0.2, 0.25) is 0 Å². The molecule has 2 rings (SSSR count). The molecule has 4 heteroatoms. The van der Waals surface area contributed by atoms with Crippen LogP contribution in [0.1, 0.15) is 52.7 Å². The van der Waals surface area contributed by atoms with Gasteiger partial charge in [0.05, 0.1) is 0 Å². The third kappa shape index (κ3) is 4.81. The van der Waals surface area contributed by atoms with Crippen molar-refractivity contribution in [3.8, 4) is 0 Å². The summed E-state index contributed by atoms with van der Waals surface area (Å²) in [5.74, 6) is 0. The minimum Gasteiger partial charge on any atom is -0.122 e. The van der Waals surface area contributed by atoms with Crippen molar-refractivity contribution < 1.29 is 13.2 Å². The van der Waals surface area contributed by atoms with Gasteiger partial charge in [-0.05, 0) is 46.2 Å². The average molecular weight is 367 g/mol. The van der Waals surface area contributed by atoms with E-state index in [1.165, 1.54) is 0 Å². The van der Waals surface area contributed by atoms with Gasteiger partial charge in [-0.3, -0.25) is 0 Å². The van der Waals surface area contributed by atoms with E-state index in [0.29, 0.717) is 9.79 Å². The fraction of sp³-hybridized carbons (Fsp3) is 0.429. The summed E-state index contributed by atoms with van der Waals surface area (Å²) < 4.78 is 41.3. The molecule has 0 spiro atoms. The summed E-state index contributed by atoms with van der Waals surface area (Å²) in [7, 11) is -1.94. The lowest BCUT2D eigenvalue weighted by atomic mass is 9.87. The average Bonchev–Trinajstić information content (AvgIpc) is 2.45. The monoisotopic (exact) mass is 367 g/mol. The molecule has 0 fully saturated rings. The van der Waals surface area contributed by atoms with Crippen LogP contribution >= 0.6 is 0 Å². The van der Waals surface area contributed by atoms with Crippen molar-refractivity contribution in [1.29, 1.82) is 0 Å². The van der Waals surface area contributed by atoms with E-state index in [2.05, 4.69) is 41.5 Å². The number of hydrogen-bond acceptors (Lipinski definition) is 0. The van der Waals surface area contributed by atoms with E-state index in [9.17, 15) is 13.2 Å². The Morgan fingerprint density at radius 2 is 0.840 bits per heavy atom. The molecule has 0 N–H and O–H groups in total. The fourth-order valence-corrected chi connectivity index (χ4v) is 4.21. The lowest BCUT2D eigenvalue weighted by Gasteiger charge is -2.20. The highest BCUT2D eigenvalue weighted by molar-refractivity contribution is 7.97. The molecule has 2 aromatic carbocycles. The maximum atomic E-state index is 13.8. The van der Waals surface area contributed by atoms with Crippen LogP contribution in [0.4, 0.5) is 13.2 Å². The summed E-state index contributed by atoms with van der Waals surface area (Å²) in [6.07, 6.45) is 0. The SMILES string of the molecule is CC(C)(C)c1ccc([S+](c2ccc(C(C)(C)C)cc2)C(F)(F)F)cc1. The first-order chi connectivity index (χ1) is 11.3. The van der Waals surface area contributed by atoms with Crippen LogP contribution in [0, 0.1) is 0 Å². The van der Waals surface area contributed by atoms with Crippen molar-refractivity contribution >= 4 is 10.9 Å². The van der Waals surface area contributed by atoms with Gasteiger partial charge in [-0.25, -0.2) is 0 Å². The zero-order valence-electron chi connectivity index (χ0n) is 15.7. The highest BCUT2D eigenvalue weighted by Gasteiger charge is 2.54. The minimum atomic E-state index is -4.30. The molecular weight excluding hydrogens is 341 g/mol. The standard InChI is InChI=1S/C21H26F3S/c1-19(2,3)15-7-11-17(12-8-15)25(21(22,23)24)18-13-9-16(10-14-18)20(4,5)6/h7-14H,1-6H3/q+1. The summed E-state index contributed by atoms with van der Waals surface area (Å²) in [4.78, 5) is 0.619. The molecule has 0 radical (unpaired) electrons. The number of rotatable bonds is 2. The number of halogens is 3. The second-order valence-corrected chi connectivity index (χ2v) is 10.3. The molecule has 136 valence electrons.